The number of unbranched alkanes of at least 4 members (excludes halogenated alkanes) is 32. The van der Waals surface area contributed by atoms with Crippen LogP contribution in [0.5, 0.6) is 0 Å². The van der Waals surface area contributed by atoms with E-state index < -0.39 is 47.5 Å². The lowest BCUT2D eigenvalue weighted by molar-refractivity contribution is -0.175. The van der Waals surface area contributed by atoms with Gasteiger partial charge < -0.3 is 18.9 Å². The van der Waals surface area contributed by atoms with Gasteiger partial charge >= 0.3 is 23.9 Å². The van der Waals surface area contributed by atoms with Crippen molar-refractivity contribution >= 4 is 23.9 Å². The molecule has 0 heterocycles. The Balaban J connectivity index is 2.94. The van der Waals surface area contributed by atoms with Crippen molar-refractivity contribution in [2.45, 2.75) is 272 Å². The van der Waals surface area contributed by atoms with E-state index in [2.05, 4.69) is 27.7 Å². The first kappa shape index (κ1) is 57.9. The SMILES string of the molecule is CCCCCCCCCCCOC(=O)C1CC(C(=O)OCCCCCCCCCCC)C(C(=O)OCCCCCCCCCCC)CC1C(=O)OCCCCCCCCCCC. The van der Waals surface area contributed by atoms with Crippen LogP contribution in [0.4, 0.5) is 0 Å². The van der Waals surface area contributed by atoms with E-state index in [1.165, 1.54) is 154 Å². The van der Waals surface area contributed by atoms with E-state index in [0.717, 1.165) is 77.0 Å². The highest BCUT2D eigenvalue weighted by molar-refractivity contribution is 5.87. The van der Waals surface area contributed by atoms with Crippen molar-refractivity contribution < 1.29 is 38.1 Å². The topological polar surface area (TPSA) is 105 Å². The molecular weight excluding hydrogens is 777 g/mol. The van der Waals surface area contributed by atoms with Gasteiger partial charge in [0, 0.05) is 0 Å². The predicted molar refractivity (Wildman–Crippen MR) is 256 cm³/mol. The summed E-state index contributed by atoms with van der Waals surface area (Å²) in [4.78, 5) is 55.4. The highest BCUT2D eigenvalue weighted by Gasteiger charge is 2.51. The first-order valence-corrected chi connectivity index (χ1v) is 27.1. The molecular formula is C54H100O8. The third-order valence-corrected chi connectivity index (χ3v) is 13.2. The van der Waals surface area contributed by atoms with Gasteiger partial charge in [0.25, 0.3) is 0 Å². The molecule has 0 spiro atoms. The monoisotopic (exact) mass is 877 g/mol. The van der Waals surface area contributed by atoms with Gasteiger partial charge in [0.2, 0.25) is 0 Å². The standard InChI is InChI=1S/C54H100O8/c1-5-9-13-17-21-25-29-33-37-41-59-51(55)47-45-49(53(57)61-43-39-35-31-27-23-19-15-11-7-3)50(54(58)62-44-40-36-32-28-24-20-16-12-8-4)46-48(47)52(56)60-42-38-34-30-26-22-18-14-10-6-2/h47-50H,5-46H2,1-4H3. The fourth-order valence-electron chi connectivity index (χ4n) is 9.02. The summed E-state index contributed by atoms with van der Waals surface area (Å²) < 4.78 is 23.4. The number of carbonyl (C=O) groups is 4. The molecule has 1 aliphatic carbocycles. The quantitative estimate of drug-likeness (QED) is 0.0338. The van der Waals surface area contributed by atoms with Crippen molar-refractivity contribution in [2.75, 3.05) is 26.4 Å². The summed E-state index contributed by atoms with van der Waals surface area (Å²) in [5, 5.41) is 0. The Morgan fingerprint density at radius 2 is 0.403 bits per heavy atom. The molecule has 364 valence electrons. The summed E-state index contributed by atoms with van der Waals surface area (Å²) >= 11 is 0. The van der Waals surface area contributed by atoms with E-state index in [1.54, 1.807) is 0 Å². The second-order valence-corrected chi connectivity index (χ2v) is 18.9. The molecule has 4 unspecified atom stereocenters. The van der Waals surface area contributed by atoms with Crippen molar-refractivity contribution in [2.24, 2.45) is 23.7 Å². The van der Waals surface area contributed by atoms with Crippen LogP contribution >= 0.6 is 0 Å². The second kappa shape index (κ2) is 42.8. The molecule has 0 aromatic rings. The van der Waals surface area contributed by atoms with Gasteiger partial charge in [0.1, 0.15) is 0 Å². The van der Waals surface area contributed by atoms with Crippen LogP contribution in [0.3, 0.4) is 0 Å². The molecule has 8 nitrogen and oxygen atoms in total. The molecule has 4 atom stereocenters. The largest absolute Gasteiger partial charge is 0.465 e. The molecule has 0 aromatic carbocycles. The zero-order chi connectivity index (χ0) is 45.1. The van der Waals surface area contributed by atoms with E-state index in [-0.39, 0.29) is 39.3 Å². The Labute approximate surface area is 382 Å². The maximum absolute atomic E-state index is 13.9. The van der Waals surface area contributed by atoms with Gasteiger partial charge in [-0.3, -0.25) is 19.2 Å². The van der Waals surface area contributed by atoms with Crippen LogP contribution in [0.15, 0.2) is 0 Å². The number of rotatable bonds is 44. The predicted octanol–water partition coefficient (Wildman–Crippen LogP) is 15.5. The normalized spacial score (nSPS) is 17.5. The number of carbonyl (C=O) groups excluding carboxylic acids is 4. The van der Waals surface area contributed by atoms with Gasteiger partial charge in [-0.1, -0.05) is 233 Å². The highest BCUT2D eigenvalue weighted by atomic mass is 16.5. The summed E-state index contributed by atoms with van der Waals surface area (Å²) in [6, 6.07) is 0. The zero-order valence-electron chi connectivity index (χ0n) is 41.3. The van der Waals surface area contributed by atoms with Gasteiger partial charge in [0.05, 0.1) is 50.1 Å². The van der Waals surface area contributed by atoms with Crippen molar-refractivity contribution in [1.82, 2.24) is 0 Å². The summed E-state index contributed by atoms with van der Waals surface area (Å²) in [6.07, 6.45) is 41.6. The summed E-state index contributed by atoms with van der Waals surface area (Å²) in [5.74, 6) is -5.43. The number of hydrogen-bond donors (Lipinski definition) is 0. The van der Waals surface area contributed by atoms with Gasteiger partial charge in [-0.05, 0) is 38.5 Å². The molecule has 0 N–H and O–H groups in total. The van der Waals surface area contributed by atoms with Crippen molar-refractivity contribution in [3.63, 3.8) is 0 Å². The van der Waals surface area contributed by atoms with Crippen molar-refractivity contribution in [3.05, 3.63) is 0 Å². The van der Waals surface area contributed by atoms with Crippen LogP contribution in [0.25, 0.3) is 0 Å². The van der Waals surface area contributed by atoms with Crippen LogP contribution in [-0.2, 0) is 38.1 Å². The van der Waals surface area contributed by atoms with E-state index in [1.807, 2.05) is 0 Å². The maximum Gasteiger partial charge on any atom is 0.309 e. The van der Waals surface area contributed by atoms with Gasteiger partial charge in [-0.15, -0.1) is 0 Å². The summed E-state index contributed by atoms with van der Waals surface area (Å²) in [6.45, 7) is 10.1. The number of hydrogen-bond acceptors (Lipinski definition) is 8. The Kier molecular flexibility index (Phi) is 40.0. The third-order valence-electron chi connectivity index (χ3n) is 13.2. The fourth-order valence-corrected chi connectivity index (χ4v) is 9.02. The van der Waals surface area contributed by atoms with Crippen molar-refractivity contribution in [3.8, 4) is 0 Å². The van der Waals surface area contributed by atoms with Gasteiger partial charge in [-0.2, -0.15) is 0 Å². The minimum absolute atomic E-state index is 0.0166. The lowest BCUT2D eigenvalue weighted by Crippen LogP contribution is -2.46. The Morgan fingerprint density at radius 3 is 0.565 bits per heavy atom. The van der Waals surface area contributed by atoms with E-state index >= 15 is 0 Å². The Morgan fingerprint density at radius 1 is 0.258 bits per heavy atom. The van der Waals surface area contributed by atoms with Gasteiger partial charge in [-0.25, -0.2) is 0 Å². The van der Waals surface area contributed by atoms with Crippen LogP contribution in [0, 0.1) is 23.7 Å². The Hall–Kier alpha value is -2.12. The summed E-state index contributed by atoms with van der Waals surface area (Å²) in [5.41, 5.74) is 0. The Bertz CT molecular complexity index is 899. The lowest BCUT2D eigenvalue weighted by Gasteiger charge is -2.37. The maximum atomic E-state index is 13.9. The van der Waals surface area contributed by atoms with Gasteiger partial charge in [0.15, 0.2) is 0 Å². The molecule has 0 radical (unpaired) electrons. The minimum atomic E-state index is -0.879. The zero-order valence-corrected chi connectivity index (χ0v) is 41.3. The molecule has 0 bridgehead atoms. The van der Waals surface area contributed by atoms with Crippen molar-refractivity contribution in [1.29, 1.82) is 0 Å². The molecule has 1 rings (SSSR count). The summed E-state index contributed by atoms with van der Waals surface area (Å²) in [7, 11) is 0. The molecule has 8 heteroatoms. The molecule has 0 aliphatic heterocycles. The molecule has 1 aliphatic rings. The molecule has 62 heavy (non-hydrogen) atoms. The molecule has 0 saturated heterocycles. The number of ether oxygens (including phenoxy) is 4. The number of esters is 4. The average Bonchev–Trinajstić information content (AvgIpc) is 3.28. The minimum Gasteiger partial charge on any atom is -0.465 e. The fraction of sp³-hybridized carbons (Fsp3) is 0.926. The highest BCUT2D eigenvalue weighted by Crippen LogP contribution is 2.41. The third kappa shape index (κ3) is 30.9. The molecule has 0 amide bonds. The molecule has 1 fully saturated rings. The van der Waals surface area contributed by atoms with Crippen LogP contribution in [0.2, 0.25) is 0 Å². The van der Waals surface area contributed by atoms with Crippen LogP contribution in [0.1, 0.15) is 272 Å². The lowest BCUT2D eigenvalue weighted by atomic mass is 9.68. The first-order chi connectivity index (χ1) is 30.4. The first-order valence-electron chi connectivity index (χ1n) is 27.1. The molecule has 0 aromatic heterocycles. The van der Waals surface area contributed by atoms with E-state index in [0.29, 0.717) is 0 Å². The van der Waals surface area contributed by atoms with Crippen LogP contribution < -0.4 is 0 Å². The molecule has 1 saturated carbocycles. The second-order valence-electron chi connectivity index (χ2n) is 18.9. The average molecular weight is 877 g/mol. The van der Waals surface area contributed by atoms with Crippen LogP contribution in [-0.4, -0.2) is 50.3 Å². The van der Waals surface area contributed by atoms with E-state index in [9.17, 15) is 19.2 Å². The smallest absolute Gasteiger partial charge is 0.309 e. The van der Waals surface area contributed by atoms with E-state index in [4.69, 9.17) is 18.9 Å².